The summed E-state index contributed by atoms with van der Waals surface area (Å²) in [6.45, 7) is 7.50. The van der Waals surface area contributed by atoms with E-state index in [0.29, 0.717) is 10.6 Å². The largest absolute Gasteiger partial charge is 0.355 e. The van der Waals surface area contributed by atoms with Crippen molar-refractivity contribution < 1.29 is 0 Å². The lowest BCUT2D eigenvalue weighted by atomic mass is 10.1. The molecular formula is C18H21ClN4. The summed E-state index contributed by atoms with van der Waals surface area (Å²) in [5, 5.41) is 10.9. The van der Waals surface area contributed by atoms with Gasteiger partial charge in [-0.2, -0.15) is 5.26 Å². The Morgan fingerprint density at radius 3 is 2.87 bits per heavy atom. The molecule has 0 bridgehead atoms. The molecule has 2 heterocycles. The fourth-order valence-electron chi connectivity index (χ4n) is 3.18. The Hall–Kier alpha value is -1.83. The Labute approximate surface area is 142 Å². The molecule has 4 nitrogen and oxygen atoms in total. The van der Waals surface area contributed by atoms with Gasteiger partial charge in [-0.05, 0) is 50.2 Å². The average molecular weight is 329 g/mol. The van der Waals surface area contributed by atoms with Crippen molar-refractivity contribution in [1.82, 2.24) is 9.88 Å². The van der Waals surface area contributed by atoms with Crippen molar-refractivity contribution in [2.45, 2.75) is 19.8 Å². The van der Waals surface area contributed by atoms with Gasteiger partial charge in [0.15, 0.2) is 0 Å². The highest BCUT2D eigenvalue weighted by Crippen LogP contribution is 2.26. The van der Waals surface area contributed by atoms with Gasteiger partial charge in [-0.15, -0.1) is 0 Å². The first-order valence-corrected chi connectivity index (χ1v) is 8.57. The normalized spacial score (nSPS) is 16.3. The van der Waals surface area contributed by atoms with Gasteiger partial charge in [-0.25, -0.2) is 4.98 Å². The van der Waals surface area contributed by atoms with Crippen LogP contribution in [0, 0.1) is 11.3 Å². The maximum atomic E-state index is 9.47. The summed E-state index contributed by atoms with van der Waals surface area (Å²) in [5.74, 6) is 0.898. The van der Waals surface area contributed by atoms with E-state index in [0.717, 1.165) is 55.9 Å². The Kier molecular flexibility index (Phi) is 5.00. The van der Waals surface area contributed by atoms with Gasteiger partial charge in [0.05, 0.1) is 17.1 Å². The minimum absolute atomic E-state index is 0.633. The SMILES string of the molecule is CCCN1CCCN(c2cc(C#N)c3cc(Cl)ccc3n2)CC1. The number of nitrogens with zero attached hydrogens (tertiary/aromatic N) is 4. The molecule has 1 aromatic carbocycles. The number of fused-ring (bicyclic) bond motifs is 1. The Morgan fingerprint density at radius 1 is 1.22 bits per heavy atom. The van der Waals surface area contributed by atoms with Crippen LogP contribution in [0.5, 0.6) is 0 Å². The van der Waals surface area contributed by atoms with Crippen LogP contribution >= 0.6 is 11.6 Å². The van der Waals surface area contributed by atoms with Crippen LogP contribution in [0.3, 0.4) is 0 Å². The molecule has 1 aromatic heterocycles. The fraction of sp³-hybridized carbons (Fsp3) is 0.444. The molecule has 1 aliphatic heterocycles. The third kappa shape index (κ3) is 3.57. The maximum absolute atomic E-state index is 9.47. The summed E-state index contributed by atoms with van der Waals surface area (Å²) >= 11 is 6.05. The number of rotatable bonds is 3. The van der Waals surface area contributed by atoms with Crippen molar-refractivity contribution in [1.29, 1.82) is 5.26 Å². The van der Waals surface area contributed by atoms with Crippen molar-refractivity contribution in [3.63, 3.8) is 0 Å². The monoisotopic (exact) mass is 328 g/mol. The van der Waals surface area contributed by atoms with Crippen LogP contribution in [0.1, 0.15) is 25.3 Å². The first-order valence-electron chi connectivity index (χ1n) is 8.19. The molecule has 0 saturated carbocycles. The smallest absolute Gasteiger partial charge is 0.130 e. The molecule has 0 radical (unpaired) electrons. The van der Waals surface area contributed by atoms with Gasteiger partial charge in [0.1, 0.15) is 5.82 Å². The Bertz CT molecular complexity index is 738. The minimum Gasteiger partial charge on any atom is -0.355 e. The van der Waals surface area contributed by atoms with Gasteiger partial charge in [0.25, 0.3) is 0 Å². The standard InChI is InChI=1S/C18H21ClN4/c1-2-6-22-7-3-8-23(10-9-22)18-11-14(13-20)16-12-15(19)4-5-17(16)21-18/h4-5,11-12H,2-3,6-10H2,1H3. The number of benzene rings is 1. The summed E-state index contributed by atoms with van der Waals surface area (Å²) in [4.78, 5) is 9.56. The van der Waals surface area contributed by atoms with E-state index in [4.69, 9.17) is 16.6 Å². The van der Waals surface area contributed by atoms with Crippen LogP contribution in [0.4, 0.5) is 5.82 Å². The number of aromatic nitrogens is 1. The molecule has 0 unspecified atom stereocenters. The highest BCUT2D eigenvalue weighted by atomic mass is 35.5. The molecule has 0 amide bonds. The molecule has 0 spiro atoms. The first kappa shape index (κ1) is 16.0. The molecule has 1 saturated heterocycles. The summed E-state index contributed by atoms with van der Waals surface area (Å²) in [6, 6.07) is 9.72. The van der Waals surface area contributed by atoms with E-state index in [9.17, 15) is 5.26 Å². The van der Waals surface area contributed by atoms with Crippen LogP contribution in [0.15, 0.2) is 24.3 Å². The molecule has 5 heteroatoms. The number of hydrogen-bond acceptors (Lipinski definition) is 4. The quantitative estimate of drug-likeness (QED) is 0.862. The van der Waals surface area contributed by atoms with E-state index in [1.807, 2.05) is 24.3 Å². The topological polar surface area (TPSA) is 43.2 Å². The van der Waals surface area contributed by atoms with Crippen LogP contribution in [0.25, 0.3) is 10.9 Å². The molecule has 0 atom stereocenters. The van der Waals surface area contributed by atoms with E-state index in [2.05, 4.69) is 22.8 Å². The second kappa shape index (κ2) is 7.16. The Morgan fingerprint density at radius 2 is 2.09 bits per heavy atom. The molecule has 3 rings (SSSR count). The molecular weight excluding hydrogens is 308 g/mol. The van der Waals surface area contributed by atoms with E-state index in [1.165, 1.54) is 6.42 Å². The zero-order valence-electron chi connectivity index (χ0n) is 13.4. The van der Waals surface area contributed by atoms with Crippen LogP contribution < -0.4 is 4.90 Å². The highest BCUT2D eigenvalue weighted by molar-refractivity contribution is 6.31. The van der Waals surface area contributed by atoms with Crippen molar-refractivity contribution in [2.24, 2.45) is 0 Å². The highest BCUT2D eigenvalue weighted by Gasteiger charge is 2.17. The van der Waals surface area contributed by atoms with Gasteiger partial charge >= 0.3 is 0 Å². The summed E-state index contributed by atoms with van der Waals surface area (Å²) in [7, 11) is 0. The molecule has 23 heavy (non-hydrogen) atoms. The number of pyridine rings is 1. The van der Waals surface area contributed by atoms with E-state index in [-0.39, 0.29) is 0 Å². The second-order valence-corrected chi connectivity index (χ2v) is 6.42. The predicted octanol–water partition coefficient (Wildman–Crippen LogP) is 3.68. The summed E-state index contributed by atoms with van der Waals surface area (Å²) in [5.41, 5.74) is 1.47. The van der Waals surface area contributed by atoms with Crippen molar-refractivity contribution in [2.75, 3.05) is 37.6 Å². The summed E-state index contributed by atoms with van der Waals surface area (Å²) < 4.78 is 0. The first-order chi connectivity index (χ1) is 11.2. The molecule has 1 aliphatic rings. The number of hydrogen-bond donors (Lipinski definition) is 0. The molecule has 0 aliphatic carbocycles. The van der Waals surface area contributed by atoms with Crippen molar-refractivity contribution >= 4 is 28.3 Å². The van der Waals surface area contributed by atoms with Crippen LogP contribution in [-0.4, -0.2) is 42.6 Å². The number of anilines is 1. The maximum Gasteiger partial charge on any atom is 0.130 e. The third-order valence-corrected chi connectivity index (χ3v) is 4.57. The lowest BCUT2D eigenvalue weighted by Gasteiger charge is -2.23. The number of halogens is 1. The minimum atomic E-state index is 0.633. The van der Waals surface area contributed by atoms with E-state index in [1.54, 1.807) is 0 Å². The zero-order valence-corrected chi connectivity index (χ0v) is 14.2. The molecule has 0 N–H and O–H groups in total. The van der Waals surface area contributed by atoms with E-state index < -0.39 is 0 Å². The Balaban J connectivity index is 1.91. The molecule has 2 aromatic rings. The van der Waals surface area contributed by atoms with E-state index >= 15 is 0 Å². The lowest BCUT2D eigenvalue weighted by molar-refractivity contribution is 0.294. The van der Waals surface area contributed by atoms with Crippen LogP contribution in [-0.2, 0) is 0 Å². The predicted molar refractivity (Wildman–Crippen MR) is 95.0 cm³/mol. The second-order valence-electron chi connectivity index (χ2n) is 5.98. The van der Waals surface area contributed by atoms with Gasteiger partial charge in [-0.1, -0.05) is 18.5 Å². The summed E-state index contributed by atoms with van der Waals surface area (Å²) in [6.07, 6.45) is 2.32. The zero-order chi connectivity index (χ0) is 16.2. The lowest BCUT2D eigenvalue weighted by Crippen LogP contribution is -2.31. The fourth-order valence-corrected chi connectivity index (χ4v) is 3.35. The van der Waals surface area contributed by atoms with Crippen molar-refractivity contribution in [3.8, 4) is 6.07 Å². The van der Waals surface area contributed by atoms with Crippen molar-refractivity contribution in [3.05, 3.63) is 34.9 Å². The third-order valence-electron chi connectivity index (χ3n) is 4.33. The molecule has 120 valence electrons. The number of nitriles is 1. The van der Waals surface area contributed by atoms with Gasteiger partial charge in [0, 0.05) is 30.0 Å². The van der Waals surface area contributed by atoms with Gasteiger partial charge < -0.3 is 9.80 Å². The molecule has 1 fully saturated rings. The average Bonchev–Trinajstić information content (AvgIpc) is 2.80. The van der Waals surface area contributed by atoms with Crippen LogP contribution in [0.2, 0.25) is 5.02 Å². The van der Waals surface area contributed by atoms with Gasteiger partial charge in [-0.3, -0.25) is 0 Å². The van der Waals surface area contributed by atoms with Gasteiger partial charge in [0.2, 0.25) is 0 Å².